The van der Waals surface area contributed by atoms with Crippen LogP contribution in [0.15, 0.2) is 11.6 Å². The molecule has 0 radical (unpaired) electrons. The molecule has 29 heavy (non-hydrogen) atoms. The van der Waals surface area contributed by atoms with Crippen molar-refractivity contribution in [2.45, 2.75) is 77.4 Å². The van der Waals surface area contributed by atoms with E-state index in [9.17, 15) is 24.6 Å². The summed E-state index contributed by atoms with van der Waals surface area (Å²) in [7, 11) is 0. The summed E-state index contributed by atoms with van der Waals surface area (Å²) in [5.74, 6) is -0.462. The first kappa shape index (κ1) is 20.7. The topological polar surface area (TPSA) is 101 Å². The highest BCUT2D eigenvalue weighted by atomic mass is 16.5. The lowest BCUT2D eigenvalue weighted by Crippen LogP contribution is -2.62. The maximum absolute atomic E-state index is 12.9. The molecule has 4 aliphatic carbocycles. The Morgan fingerprint density at radius 1 is 1.21 bits per heavy atom. The zero-order valence-corrected chi connectivity index (χ0v) is 17.6. The zero-order valence-electron chi connectivity index (χ0n) is 17.6. The van der Waals surface area contributed by atoms with E-state index >= 15 is 0 Å². The minimum absolute atomic E-state index is 0.0413. The number of hydrogen-bond donors (Lipinski definition) is 2. The van der Waals surface area contributed by atoms with Crippen LogP contribution in [0, 0.1) is 28.6 Å². The molecule has 0 heterocycles. The van der Waals surface area contributed by atoms with Gasteiger partial charge in [-0.15, -0.1) is 0 Å². The molecule has 6 nitrogen and oxygen atoms in total. The van der Waals surface area contributed by atoms with Crippen LogP contribution in [0.4, 0.5) is 0 Å². The van der Waals surface area contributed by atoms with E-state index in [-0.39, 0.29) is 29.0 Å². The Kier molecular flexibility index (Phi) is 4.82. The van der Waals surface area contributed by atoms with E-state index in [0.717, 1.165) is 31.3 Å². The van der Waals surface area contributed by atoms with Gasteiger partial charge in [0.25, 0.3) is 0 Å². The van der Waals surface area contributed by atoms with E-state index in [1.807, 2.05) is 6.92 Å². The molecule has 6 unspecified atom stereocenters. The van der Waals surface area contributed by atoms with Gasteiger partial charge in [-0.05, 0) is 67.8 Å². The van der Waals surface area contributed by atoms with Crippen LogP contribution in [0.1, 0.15) is 65.7 Å². The van der Waals surface area contributed by atoms with E-state index in [2.05, 4.69) is 6.92 Å². The number of ketones is 2. The van der Waals surface area contributed by atoms with Crippen LogP contribution in [0.5, 0.6) is 0 Å². The fourth-order valence-corrected chi connectivity index (χ4v) is 7.44. The summed E-state index contributed by atoms with van der Waals surface area (Å²) < 4.78 is 4.89. The number of esters is 1. The van der Waals surface area contributed by atoms with Gasteiger partial charge in [0.15, 0.2) is 12.4 Å². The lowest BCUT2D eigenvalue weighted by molar-refractivity contribution is -0.184. The van der Waals surface area contributed by atoms with Crippen LogP contribution in [0.3, 0.4) is 0 Å². The molecule has 7 atom stereocenters. The molecule has 0 bridgehead atoms. The van der Waals surface area contributed by atoms with Crippen LogP contribution >= 0.6 is 0 Å². The number of ether oxygens (including phenoxy) is 1. The third-order valence-electron chi connectivity index (χ3n) is 8.92. The molecule has 3 saturated carbocycles. The molecule has 2 N–H and O–H groups in total. The largest absolute Gasteiger partial charge is 0.458 e. The zero-order chi connectivity index (χ0) is 21.2. The Morgan fingerprint density at radius 3 is 2.62 bits per heavy atom. The average Bonchev–Trinajstić information content (AvgIpc) is 2.91. The van der Waals surface area contributed by atoms with Gasteiger partial charge in [0.1, 0.15) is 5.60 Å². The number of fused-ring (bicyclic) bond motifs is 5. The standard InChI is InChI=1S/C23H32O6/c1-13(24)29-12-19(27)23(28)9-7-17-16-5-4-14-10-15(25)6-8-21(14,2)20(16)18(26)11-22(17,23)3/h10,16-18,20,26,28H,4-9,11-12H2,1-3H3/t16?,17?,18?,20?,21?,22?,23-/m0/s1. The molecule has 0 aliphatic heterocycles. The summed E-state index contributed by atoms with van der Waals surface area (Å²) in [6, 6.07) is 0. The van der Waals surface area contributed by atoms with E-state index in [0.29, 0.717) is 19.3 Å². The SMILES string of the molecule is CC(=O)OCC(=O)[C@@]1(O)CCC2C3CCC4=CC(=O)CCC4(C)C3C(O)CC21C. The van der Waals surface area contributed by atoms with Gasteiger partial charge in [0.2, 0.25) is 5.78 Å². The Morgan fingerprint density at radius 2 is 1.93 bits per heavy atom. The first-order chi connectivity index (χ1) is 13.5. The van der Waals surface area contributed by atoms with Gasteiger partial charge >= 0.3 is 5.97 Å². The number of carbonyl (C=O) groups is 3. The highest BCUT2D eigenvalue weighted by Gasteiger charge is 2.68. The number of hydrogen-bond acceptors (Lipinski definition) is 6. The summed E-state index contributed by atoms with van der Waals surface area (Å²) in [4.78, 5) is 36.0. The van der Waals surface area contributed by atoms with Crippen LogP contribution < -0.4 is 0 Å². The van der Waals surface area contributed by atoms with Gasteiger partial charge in [-0.25, -0.2) is 0 Å². The summed E-state index contributed by atoms with van der Waals surface area (Å²) in [5, 5.41) is 22.8. The molecule has 0 aromatic rings. The van der Waals surface area contributed by atoms with Crippen LogP contribution in [0.2, 0.25) is 0 Å². The highest BCUT2D eigenvalue weighted by molar-refractivity contribution is 5.92. The lowest BCUT2D eigenvalue weighted by Gasteiger charge is -2.60. The normalized spacial score (nSPS) is 46.2. The van der Waals surface area contributed by atoms with Crippen molar-refractivity contribution in [1.29, 1.82) is 0 Å². The molecule has 4 aliphatic rings. The van der Waals surface area contributed by atoms with E-state index < -0.39 is 35.5 Å². The molecular formula is C23H32O6. The van der Waals surface area contributed by atoms with Gasteiger partial charge in [-0.3, -0.25) is 14.4 Å². The summed E-state index contributed by atoms with van der Waals surface area (Å²) in [6.45, 7) is 4.92. The van der Waals surface area contributed by atoms with Gasteiger partial charge < -0.3 is 14.9 Å². The van der Waals surface area contributed by atoms with Crippen molar-refractivity contribution in [2.24, 2.45) is 28.6 Å². The number of Topliss-reactive ketones (excluding diaryl/α,β-unsaturated/α-hetero) is 1. The molecule has 0 spiro atoms. The smallest absolute Gasteiger partial charge is 0.303 e. The second-order valence-electron chi connectivity index (χ2n) is 10.2. The number of rotatable bonds is 3. The average molecular weight is 405 g/mol. The quantitative estimate of drug-likeness (QED) is 0.701. The Labute approximate surface area is 171 Å². The highest BCUT2D eigenvalue weighted by Crippen LogP contribution is 2.67. The van der Waals surface area contributed by atoms with Crippen molar-refractivity contribution in [1.82, 2.24) is 0 Å². The van der Waals surface area contributed by atoms with Crippen molar-refractivity contribution in [3.63, 3.8) is 0 Å². The Hall–Kier alpha value is -1.53. The van der Waals surface area contributed by atoms with Crippen molar-refractivity contribution >= 4 is 17.5 Å². The second kappa shape index (κ2) is 6.74. The summed E-state index contributed by atoms with van der Waals surface area (Å²) in [6.07, 6.45) is 5.54. The Bertz CT molecular complexity index is 786. The van der Waals surface area contributed by atoms with Crippen molar-refractivity contribution in [2.75, 3.05) is 6.61 Å². The molecule has 4 rings (SSSR count). The second-order valence-corrected chi connectivity index (χ2v) is 10.2. The molecule has 3 fully saturated rings. The molecule has 160 valence electrons. The monoisotopic (exact) mass is 404 g/mol. The molecule has 0 amide bonds. The van der Waals surface area contributed by atoms with E-state index in [4.69, 9.17) is 4.74 Å². The lowest BCUT2D eigenvalue weighted by atomic mass is 9.45. The predicted octanol–water partition coefficient (Wildman–Crippen LogP) is 2.35. The molecular weight excluding hydrogens is 372 g/mol. The molecule has 0 aromatic carbocycles. The molecule has 6 heteroatoms. The number of aliphatic hydroxyl groups excluding tert-OH is 1. The van der Waals surface area contributed by atoms with Gasteiger partial charge in [0.05, 0.1) is 6.10 Å². The number of allylic oxidation sites excluding steroid dienone is 1. The third kappa shape index (κ3) is 2.86. The predicted molar refractivity (Wildman–Crippen MR) is 105 cm³/mol. The van der Waals surface area contributed by atoms with Crippen LogP contribution in [-0.2, 0) is 19.1 Å². The van der Waals surface area contributed by atoms with Gasteiger partial charge in [0, 0.05) is 18.8 Å². The number of aliphatic hydroxyl groups is 2. The van der Waals surface area contributed by atoms with Crippen LogP contribution in [-0.4, -0.2) is 46.1 Å². The summed E-state index contributed by atoms with van der Waals surface area (Å²) in [5.41, 5.74) is -1.36. The third-order valence-corrected chi connectivity index (χ3v) is 8.92. The van der Waals surface area contributed by atoms with Crippen molar-refractivity contribution in [3.05, 3.63) is 11.6 Å². The fourth-order valence-electron chi connectivity index (χ4n) is 7.44. The van der Waals surface area contributed by atoms with Gasteiger partial charge in [-0.1, -0.05) is 19.4 Å². The minimum atomic E-state index is -1.58. The van der Waals surface area contributed by atoms with E-state index in [1.165, 1.54) is 6.92 Å². The maximum Gasteiger partial charge on any atom is 0.303 e. The Balaban J connectivity index is 1.65. The van der Waals surface area contributed by atoms with Gasteiger partial charge in [-0.2, -0.15) is 0 Å². The maximum atomic E-state index is 12.9. The number of carbonyl (C=O) groups excluding carboxylic acids is 3. The van der Waals surface area contributed by atoms with E-state index in [1.54, 1.807) is 6.08 Å². The fraction of sp³-hybridized carbons (Fsp3) is 0.783. The minimum Gasteiger partial charge on any atom is -0.458 e. The van der Waals surface area contributed by atoms with Crippen LogP contribution in [0.25, 0.3) is 0 Å². The van der Waals surface area contributed by atoms with Crippen molar-refractivity contribution in [3.8, 4) is 0 Å². The first-order valence-corrected chi connectivity index (χ1v) is 10.8. The van der Waals surface area contributed by atoms with Crippen molar-refractivity contribution < 1.29 is 29.3 Å². The molecule has 0 saturated heterocycles. The summed E-state index contributed by atoms with van der Waals surface area (Å²) >= 11 is 0. The first-order valence-electron chi connectivity index (χ1n) is 10.8. The molecule has 0 aromatic heterocycles.